The summed E-state index contributed by atoms with van der Waals surface area (Å²) < 4.78 is 19.1. The Morgan fingerprint density at radius 1 is 0.906 bits per heavy atom. The van der Waals surface area contributed by atoms with Gasteiger partial charge < -0.3 is 14.2 Å². The number of ether oxygens (including phenoxy) is 3. The molecule has 0 spiro atoms. The SMILES string of the molecule is CCOc1cc(/C=N\n2cnnc2)ccc1OCCOc1ccc(C2CCCCC2)cc1. The highest BCUT2D eigenvalue weighted by Gasteiger charge is 2.15. The molecule has 1 aliphatic rings. The Labute approximate surface area is 189 Å². The fourth-order valence-corrected chi connectivity index (χ4v) is 3.96. The van der Waals surface area contributed by atoms with Gasteiger partial charge in [-0.1, -0.05) is 31.4 Å². The van der Waals surface area contributed by atoms with Gasteiger partial charge in [0.2, 0.25) is 0 Å². The van der Waals surface area contributed by atoms with Crippen LogP contribution in [0.3, 0.4) is 0 Å². The van der Waals surface area contributed by atoms with Crippen molar-refractivity contribution in [1.29, 1.82) is 0 Å². The summed E-state index contributed by atoms with van der Waals surface area (Å²) in [5.41, 5.74) is 2.33. The molecule has 1 aliphatic carbocycles. The quantitative estimate of drug-likeness (QED) is 0.329. The smallest absolute Gasteiger partial charge is 0.161 e. The highest BCUT2D eigenvalue weighted by molar-refractivity contribution is 5.80. The average Bonchev–Trinajstić information content (AvgIpc) is 3.36. The lowest BCUT2D eigenvalue weighted by Gasteiger charge is -2.22. The summed E-state index contributed by atoms with van der Waals surface area (Å²) in [5, 5.41) is 11.7. The average molecular weight is 435 g/mol. The number of benzene rings is 2. The number of rotatable bonds is 10. The molecule has 7 heteroatoms. The molecule has 0 unspecified atom stereocenters. The lowest BCUT2D eigenvalue weighted by Crippen LogP contribution is -2.10. The molecule has 1 saturated carbocycles. The molecule has 1 heterocycles. The van der Waals surface area contributed by atoms with E-state index >= 15 is 0 Å². The van der Waals surface area contributed by atoms with Crippen LogP contribution in [-0.2, 0) is 0 Å². The molecule has 32 heavy (non-hydrogen) atoms. The van der Waals surface area contributed by atoms with Crippen LogP contribution in [0.25, 0.3) is 0 Å². The van der Waals surface area contributed by atoms with E-state index in [0.717, 1.165) is 11.3 Å². The van der Waals surface area contributed by atoms with Crippen LogP contribution in [0.15, 0.2) is 60.2 Å². The van der Waals surface area contributed by atoms with Gasteiger partial charge in [0.25, 0.3) is 0 Å². The van der Waals surface area contributed by atoms with E-state index in [1.54, 1.807) is 6.21 Å². The predicted molar refractivity (Wildman–Crippen MR) is 124 cm³/mol. The first-order chi connectivity index (χ1) is 15.8. The van der Waals surface area contributed by atoms with Gasteiger partial charge in [0.1, 0.15) is 31.6 Å². The number of hydrogen-bond donors (Lipinski definition) is 0. The van der Waals surface area contributed by atoms with Crippen molar-refractivity contribution in [3.63, 3.8) is 0 Å². The molecule has 0 N–H and O–H groups in total. The summed E-state index contributed by atoms with van der Waals surface area (Å²) in [4.78, 5) is 0. The molecule has 0 atom stereocenters. The van der Waals surface area contributed by atoms with Crippen LogP contribution in [0.2, 0.25) is 0 Å². The number of aromatic nitrogens is 3. The summed E-state index contributed by atoms with van der Waals surface area (Å²) >= 11 is 0. The first-order valence-electron chi connectivity index (χ1n) is 11.3. The Balaban J connectivity index is 1.28. The van der Waals surface area contributed by atoms with Crippen LogP contribution in [0.1, 0.15) is 56.1 Å². The third kappa shape index (κ3) is 6.09. The predicted octanol–water partition coefficient (Wildman–Crippen LogP) is 5.06. The van der Waals surface area contributed by atoms with Crippen molar-refractivity contribution in [2.75, 3.05) is 19.8 Å². The second-order valence-corrected chi connectivity index (χ2v) is 7.83. The molecule has 0 aliphatic heterocycles. The Morgan fingerprint density at radius 3 is 2.41 bits per heavy atom. The van der Waals surface area contributed by atoms with Crippen molar-refractivity contribution in [2.45, 2.75) is 44.9 Å². The highest BCUT2D eigenvalue weighted by Crippen LogP contribution is 2.33. The van der Waals surface area contributed by atoms with Crippen LogP contribution in [0, 0.1) is 0 Å². The Morgan fingerprint density at radius 2 is 1.66 bits per heavy atom. The van der Waals surface area contributed by atoms with Gasteiger partial charge in [0.05, 0.1) is 12.8 Å². The van der Waals surface area contributed by atoms with Crippen LogP contribution in [0.4, 0.5) is 0 Å². The number of nitrogens with zero attached hydrogens (tertiary/aromatic N) is 4. The van der Waals surface area contributed by atoms with Crippen molar-refractivity contribution in [3.05, 3.63) is 66.2 Å². The fraction of sp³-hybridized carbons (Fsp3) is 0.400. The summed E-state index contributed by atoms with van der Waals surface area (Å²) in [7, 11) is 0. The van der Waals surface area contributed by atoms with E-state index in [1.807, 2.05) is 25.1 Å². The van der Waals surface area contributed by atoms with Crippen LogP contribution in [0.5, 0.6) is 17.2 Å². The molecule has 0 saturated heterocycles. The minimum absolute atomic E-state index is 0.429. The van der Waals surface area contributed by atoms with Crippen molar-refractivity contribution < 1.29 is 14.2 Å². The normalized spacial score (nSPS) is 14.5. The van der Waals surface area contributed by atoms with Crippen LogP contribution < -0.4 is 14.2 Å². The minimum atomic E-state index is 0.429. The maximum Gasteiger partial charge on any atom is 0.161 e. The van der Waals surface area contributed by atoms with Crippen molar-refractivity contribution in [2.24, 2.45) is 5.10 Å². The van der Waals surface area contributed by atoms with Gasteiger partial charge in [0, 0.05) is 0 Å². The Bertz CT molecular complexity index is 981. The lowest BCUT2D eigenvalue weighted by atomic mass is 9.84. The fourth-order valence-electron chi connectivity index (χ4n) is 3.96. The molecule has 1 aromatic heterocycles. The van der Waals surface area contributed by atoms with E-state index in [-0.39, 0.29) is 0 Å². The molecule has 0 amide bonds. The van der Waals surface area contributed by atoms with Gasteiger partial charge in [0.15, 0.2) is 11.5 Å². The third-order valence-electron chi connectivity index (χ3n) is 5.58. The summed E-state index contributed by atoms with van der Waals surface area (Å²) in [6.45, 7) is 3.39. The van der Waals surface area contributed by atoms with E-state index in [4.69, 9.17) is 14.2 Å². The van der Waals surface area contributed by atoms with Gasteiger partial charge in [-0.15, -0.1) is 10.2 Å². The van der Waals surface area contributed by atoms with Crippen LogP contribution >= 0.6 is 0 Å². The molecule has 1 fully saturated rings. The Kier molecular flexibility index (Phi) is 7.74. The van der Waals surface area contributed by atoms with E-state index in [0.29, 0.717) is 37.2 Å². The van der Waals surface area contributed by atoms with Gasteiger partial charge in [-0.25, -0.2) is 4.68 Å². The summed E-state index contributed by atoms with van der Waals surface area (Å²) in [6, 6.07) is 14.3. The van der Waals surface area contributed by atoms with E-state index in [2.05, 4.69) is 39.6 Å². The first-order valence-corrected chi connectivity index (χ1v) is 11.3. The van der Waals surface area contributed by atoms with Crippen molar-refractivity contribution >= 4 is 6.21 Å². The standard InChI is InChI=1S/C25H30N4O3/c1-2-30-25-16-20(17-28-29-18-26-27-19-29)8-13-24(25)32-15-14-31-23-11-9-22(10-12-23)21-6-4-3-5-7-21/h8-13,16-19,21H,2-7,14-15H2,1H3/b28-17-. The zero-order valence-electron chi connectivity index (χ0n) is 18.5. The van der Waals surface area contributed by atoms with E-state index in [1.165, 1.54) is 55.0 Å². The molecular weight excluding hydrogens is 404 g/mol. The van der Waals surface area contributed by atoms with Crippen LogP contribution in [-0.4, -0.2) is 40.9 Å². The van der Waals surface area contributed by atoms with Gasteiger partial charge >= 0.3 is 0 Å². The third-order valence-corrected chi connectivity index (χ3v) is 5.58. The molecule has 0 radical (unpaired) electrons. The van der Waals surface area contributed by atoms with E-state index in [9.17, 15) is 0 Å². The second-order valence-electron chi connectivity index (χ2n) is 7.83. The van der Waals surface area contributed by atoms with Gasteiger partial charge in [-0.2, -0.15) is 5.10 Å². The molecule has 3 aromatic rings. The van der Waals surface area contributed by atoms with Gasteiger partial charge in [-0.3, -0.25) is 0 Å². The summed E-state index contributed by atoms with van der Waals surface area (Å²) in [5.74, 6) is 2.95. The minimum Gasteiger partial charge on any atom is -0.490 e. The molecule has 7 nitrogen and oxygen atoms in total. The zero-order valence-corrected chi connectivity index (χ0v) is 18.5. The van der Waals surface area contributed by atoms with E-state index < -0.39 is 0 Å². The zero-order chi connectivity index (χ0) is 22.0. The highest BCUT2D eigenvalue weighted by atomic mass is 16.5. The maximum absolute atomic E-state index is 5.92. The lowest BCUT2D eigenvalue weighted by molar-refractivity contribution is 0.208. The topological polar surface area (TPSA) is 70.8 Å². The molecular formula is C25H30N4O3. The van der Waals surface area contributed by atoms with Gasteiger partial charge in [-0.05, 0) is 67.1 Å². The summed E-state index contributed by atoms with van der Waals surface area (Å²) in [6.07, 6.45) is 11.5. The first kappa shape index (κ1) is 21.9. The molecule has 4 rings (SSSR count). The largest absolute Gasteiger partial charge is 0.490 e. The maximum atomic E-state index is 5.92. The molecule has 0 bridgehead atoms. The monoisotopic (exact) mass is 434 g/mol. The second kappa shape index (κ2) is 11.3. The van der Waals surface area contributed by atoms with Crippen molar-refractivity contribution in [3.8, 4) is 17.2 Å². The Hall–Kier alpha value is -3.35. The molecule has 168 valence electrons. The molecule has 2 aromatic carbocycles. The number of hydrogen-bond acceptors (Lipinski definition) is 6. The van der Waals surface area contributed by atoms with Crippen molar-refractivity contribution in [1.82, 2.24) is 14.9 Å².